The first-order valence-corrected chi connectivity index (χ1v) is 19.1. The van der Waals surface area contributed by atoms with Gasteiger partial charge in [0.05, 0.1) is 24.1 Å². The molecule has 2 aliphatic rings. The molecule has 0 radical (unpaired) electrons. The highest BCUT2D eigenvalue weighted by Gasteiger charge is 2.53. The fourth-order valence-electron chi connectivity index (χ4n) is 4.41. The van der Waals surface area contributed by atoms with Crippen LogP contribution in [0.5, 0.6) is 0 Å². The molecule has 0 aromatic rings. The van der Waals surface area contributed by atoms with Crippen LogP contribution in [0.3, 0.4) is 0 Å². The Hall–Kier alpha value is -1.29. The van der Waals surface area contributed by atoms with Gasteiger partial charge < -0.3 is 59.0 Å². The third-order valence-corrected chi connectivity index (χ3v) is 9.66. The molecule has 0 aromatic heterocycles. The van der Waals surface area contributed by atoms with Crippen molar-refractivity contribution in [2.75, 3.05) is 31.3 Å². The molecule has 2 rings (SSSR count). The number of carboxylic acid groups (broad SMARTS) is 1. The molecule has 0 aliphatic carbocycles. The Labute approximate surface area is 268 Å². The number of ether oxygens (including phenoxy) is 4. The van der Waals surface area contributed by atoms with Crippen molar-refractivity contribution in [3.8, 4) is 0 Å². The van der Waals surface area contributed by atoms with Crippen LogP contribution in [0.4, 0.5) is 0 Å². The molecule has 0 saturated carbocycles. The van der Waals surface area contributed by atoms with Crippen LogP contribution in [-0.2, 0) is 73.0 Å². The molecule has 0 bridgehead atoms. The number of nitrogens with two attached hydrogens (primary N) is 1. The number of hydrogen-bond donors (Lipinski definition) is 6. The van der Waals surface area contributed by atoms with E-state index < -0.39 is 121 Å². The monoisotopic (exact) mass is 769 g/mol. The van der Waals surface area contributed by atoms with Gasteiger partial charge in [-0.05, 0) is 12.8 Å². The summed E-state index contributed by atoms with van der Waals surface area (Å²) in [5.41, 5.74) is 5.22. The van der Waals surface area contributed by atoms with Crippen molar-refractivity contribution in [1.29, 1.82) is 0 Å². The Morgan fingerprint density at radius 1 is 0.851 bits per heavy atom. The number of rotatable bonds is 19. The third-order valence-electron chi connectivity index (χ3n) is 6.45. The summed E-state index contributed by atoms with van der Waals surface area (Å²) in [6.07, 6.45) is -20.8. The fraction of sp³-hybridized carbons (Fsp3) is 0.947. The first-order chi connectivity index (χ1) is 21.4. The molecular formula is C19H33N2O22S4-3. The summed E-state index contributed by atoms with van der Waals surface area (Å²) in [4.78, 5) is 12.0. The first kappa shape index (κ1) is 41.9. The Kier molecular flexibility index (Phi) is 15.2. The van der Waals surface area contributed by atoms with Crippen molar-refractivity contribution in [3.05, 3.63) is 0 Å². The van der Waals surface area contributed by atoms with E-state index in [9.17, 15) is 72.6 Å². The van der Waals surface area contributed by atoms with Crippen LogP contribution in [0, 0.1) is 0 Å². The van der Waals surface area contributed by atoms with Crippen molar-refractivity contribution in [2.24, 2.45) is 5.73 Å². The summed E-state index contributed by atoms with van der Waals surface area (Å²) in [5.74, 6) is -2.67. The van der Waals surface area contributed by atoms with Crippen LogP contribution in [0.25, 0.3) is 0 Å². The second-order valence-corrected chi connectivity index (χ2v) is 15.6. The summed E-state index contributed by atoms with van der Waals surface area (Å²) in [6, 6.07) is -2.36. The maximum atomic E-state index is 12.0. The van der Waals surface area contributed by atoms with Crippen LogP contribution in [0.2, 0.25) is 0 Å². The fourth-order valence-corrected chi connectivity index (χ4v) is 6.99. The molecule has 2 heterocycles. The van der Waals surface area contributed by atoms with Crippen molar-refractivity contribution < 1.29 is 99.9 Å². The Morgan fingerprint density at radius 3 is 2.02 bits per heavy atom. The Morgan fingerprint density at radius 2 is 1.49 bits per heavy atom. The van der Waals surface area contributed by atoms with Gasteiger partial charge in [-0.1, -0.05) is 6.42 Å². The highest BCUT2D eigenvalue weighted by atomic mass is 32.3. The average molecular weight is 770 g/mol. The van der Waals surface area contributed by atoms with Crippen molar-refractivity contribution in [3.63, 3.8) is 0 Å². The van der Waals surface area contributed by atoms with Gasteiger partial charge in [0.25, 0.3) is 0 Å². The zero-order valence-corrected chi connectivity index (χ0v) is 27.0. The Bertz CT molecular complexity index is 1470. The van der Waals surface area contributed by atoms with Gasteiger partial charge >= 0.3 is 10.4 Å². The minimum atomic E-state index is -5.55. The zero-order chi connectivity index (χ0) is 36.0. The maximum absolute atomic E-state index is 12.0. The summed E-state index contributed by atoms with van der Waals surface area (Å²) < 4.78 is 153. The predicted octanol–water partition coefficient (Wildman–Crippen LogP) is -7.70. The van der Waals surface area contributed by atoms with Crippen molar-refractivity contribution in [2.45, 2.75) is 80.6 Å². The van der Waals surface area contributed by atoms with E-state index in [0.717, 1.165) is 0 Å². The molecule has 2 fully saturated rings. The van der Waals surface area contributed by atoms with Gasteiger partial charge in [-0.2, -0.15) is 8.42 Å². The van der Waals surface area contributed by atoms with E-state index in [-0.39, 0.29) is 37.3 Å². The number of unbranched alkanes of at least 4 members (excludes halogenated alkanes) is 2. The molecular weight excluding hydrogens is 736 g/mol. The van der Waals surface area contributed by atoms with Gasteiger partial charge in [-0.3, -0.25) is 8.74 Å². The maximum Gasteiger partial charge on any atom is 0.397 e. The number of sulfone groups is 1. The predicted molar refractivity (Wildman–Crippen MR) is 141 cm³/mol. The highest BCUT2D eigenvalue weighted by Crippen LogP contribution is 2.32. The SMILES string of the molecule is NCCS(=O)(=O)CCCCCO[C@@H]1O[C@@H](C(=O)[O-])[C@@H](O[C@H]2O[C@H](COS(=O)(=O)[O-])[C@@H](O)[C@H](O)[C@H]2NS(=O)(=O)[O-])[C@H](O)[C@H]1OS(=O)(=O)O. The zero-order valence-electron chi connectivity index (χ0n) is 23.8. The van der Waals surface area contributed by atoms with Crippen LogP contribution in [-0.4, -0.2) is 161 Å². The quantitative estimate of drug-likeness (QED) is 0.0403. The number of hydrogen-bond acceptors (Lipinski definition) is 22. The minimum Gasteiger partial charge on any atom is -0.735 e. The number of aliphatic hydroxyl groups excluding tert-OH is 3. The van der Waals surface area contributed by atoms with Crippen LogP contribution >= 0.6 is 0 Å². The van der Waals surface area contributed by atoms with Crippen molar-refractivity contribution in [1.82, 2.24) is 4.72 Å². The van der Waals surface area contributed by atoms with E-state index in [1.807, 2.05) is 0 Å². The van der Waals surface area contributed by atoms with Gasteiger partial charge in [0.1, 0.15) is 42.7 Å². The molecule has 0 spiro atoms. The summed E-state index contributed by atoms with van der Waals surface area (Å²) >= 11 is 0. The molecule has 2 aliphatic heterocycles. The lowest BCUT2D eigenvalue weighted by Crippen LogP contribution is -2.69. The van der Waals surface area contributed by atoms with Crippen LogP contribution in [0.15, 0.2) is 0 Å². The molecule has 2 saturated heterocycles. The van der Waals surface area contributed by atoms with E-state index >= 15 is 0 Å². The molecule has 0 aromatic carbocycles. The molecule has 0 amide bonds. The number of carbonyl (C=O) groups excluding carboxylic acids is 1. The first-order valence-electron chi connectivity index (χ1n) is 13.2. The van der Waals surface area contributed by atoms with E-state index in [2.05, 4.69) is 8.37 Å². The van der Waals surface area contributed by atoms with E-state index in [4.69, 9.17) is 24.7 Å². The lowest BCUT2D eigenvalue weighted by atomic mass is 9.96. The number of carbonyl (C=O) groups is 1. The third kappa shape index (κ3) is 13.9. The second kappa shape index (κ2) is 17.1. The largest absolute Gasteiger partial charge is 0.735 e. The van der Waals surface area contributed by atoms with E-state index in [1.54, 1.807) is 0 Å². The van der Waals surface area contributed by atoms with Crippen LogP contribution < -0.4 is 15.6 Å². The molecule has 278 valence electrons. The Balaban J connectivity index is 2.32. The highest BCUT2D eigenvalue weighted by molar-refractivity contribution is 7.91. The number of aliphatic carboxylic acids is 1. The van der Waals surface area contributed by atoms with Gasteiger partial charge in [0.2, 0.25) is 10.4 Å². The van der Waals surface area contributed by atoms with Gasteiger partial charge in [0.15, 0.2) is 38.8 Å². The lowest BCUT2D eigenvalue weighted by molar-refractivity contribution is -0.366. The molecule has 47 heavy (non-hydrogen) atoms. The van der Waals surface area contributed by atoms with Crippen molar-refractivity contribution >= 4 is 46.9 Å². The van der Waals surface area contributed by atoms with E-state index in [0.29, 0.717) is 0 Å². The minimum absolute atomic E-state index is 0.0678. The molecule has 10 atom stereocenters. The standard InChI is InChI=1S/C19H36N2O22S4/c20-4-7-44(27,28)6-3-1-2-5-38-19-15(43-47(35,36)37)13(24)14(16(42-19)17(25)26)41-18-10(21-45(29,30)31)12(23)11(22)9(40-18)8-39-46(32,33)34/h9-16,18-19,21-24H,1-8,20H2,(H,25,26)(H,29,30,31)(H,32,33,34)(H,35,36,37)/p-3/t9-,10-,11-,12-,13+,14+,15-,16-,18-,19-/m1/s1. The van der Waals surface area contributed by atoms with E-state index in [1.165, 1.54) is 4.72 Å². The number of carboxylic acids is 1. The molecule has 0 unspecified atom stereocenters. The molecule has 28 heteroatoms. The average Bonchev–Trinajstić information content (AvgIpc) is 2.90. The van der Waals surface area contributed by atoms with Crippen LogP contribution in [0.1, 0.15) is 19.3 Å². The van der Waals surface area contributed by atoms with Gasteiger partial charge in [-0.25, -0.2) is 34.2 Å². The molecule has 24 nitrogen and oxygen atoms in total. The van der Waals surface area contributed by atoms with Gasteiger partial charge in [0, 0.05) is 13.2 Å². The lowest BCUT2D eigenvalue weighted by Gasteiger charge is -2.48. The van der Waals surface area contributed by atoms with Gasteiger partial charge in [-0.15, -0.1) is 0 Å². The topological polar surface area (TPSA) is 397 Å². The molecule has 7 N–H and O–H groups in total. The normalized spacial score (nSPS) is 32.7. The number of aliphatic hydroxyl groups is 3. The smallest absolute Gasteiger partial charge is 0.397 e. The summed E-state index contributed by atoms with van der Waals surface area (Å²) in [6.45, 7) is -1.83. The second-order valence-electron chi connectivity index (χ2n) is 10.0. The summed E-state index contributed by atoms with van der Waals surface area (Å²) in [5, 5.41) is 43.6. The summed E-state index contributed by atoms with van der Waals surface area (Å²) in [7, 11) is -19.9. The number of nitrogens with one attached hydrogen (secondary N) is 1.